The summed E-state index contributed by atoms with van der Waals surface area (Å²) < 4.78 is 0. The third-order valence-corrected chi connectivity index (χ3v) is 2.69. The molecule has 0 aromatic rings. The Morgan fingerprint density at radius 1 is 1.55 bits per heavy atom. The predicted octanol–water partition coefficient (Wildman–Crippen LogP) is -0.0419. The van der Waals surface area contributed by atoms with Gasteiger partial charge in [0.15, 0.2) is 0 Å². The maximum absolute atomic E-state index is 10.6. The van der Waals surface area contributed by atoms with Gasteiger partial charge in [-0.1, -0.05) is 0 Å². The molecule has 2 aliphatic heterocycles. The number of rotatable bonds is 0. The van der Waals surface area contributed by atoms with Gasteiger partial charge in [-0.15, -0.1) is 0 Å². The van der Waals surface area contributed by atoms with Gasteiger partial charge in [-0.2, -0.15) is 0 Å². The molecule has 2 aliphatic rings. The van der Waals surface area contributed by atoms with Gasteiger partial charge in [0.1, 0.15) is 0 Å². The topological polar surface area (TPSA) is 52.6 Å². The average molecular weight is 156 g/mol. The molecule has 0 saturated carbocycles. The molecule has 2 atom stereocenters. The van der Waals surface area contributed by atoms with Gasteiger partial charge in [0.05, 0.1) is 6.04 Å². The van der Waals surface area contributed by atoms with Gasteiger partial charge < -0.3 is 15.3 Å². The van der Waals surface area contributed by atoms with Crippen LogP contribution in [0.5, 0.6) is 0 Å². The molecule has 4 nitrogen and oxygen atoms in total. The molecule has 2 fully saturated rings. The molecule has 1 amide bonds. The van der Waals surface area contributed by atoms with Gasteiger partial charge >= 0.3 is 6.09 Å². The maximum Gasteiger partial charge on any atom is 0.407 e. The van der Waals surface area contributed by atoms with E-state index in [0.717, 1.165) is 26.1 Å². The van der Waals surface area contributed by atoms with Crippen LogP contribution in [0.4, 0.5) is 4.79 Å². The summed E-state index contributed by atoms with van der Waals surface area (Å²) in [7, 11) is 0. The van der Waals surface area contributed by atoms with Crippen LogP contribution in [0.2, 0.25) is 0 Å². The van der Waals surface area contributed by atoms with Crippen molar-refractivity contribution in [3.05, 3.63) is 0 Å². The molecule has 62 valence electrons. The van der Waals surface area contributed by atoms with E-state index >= 15 is 0 Å². The fraction of sp³-hybridized carbons (Fsp3) is 0.857. The Kier molecular flexibility index (Phi) is 1.49. The highest BCUT2D eigenvalue weighted by molar-refractivity contribution is 5.66. The van der Waals surface area contributed by atoms with Crippen LogP contribution in [0.3, 0.4) is 0 Å². The van der Waals surface area contributed by atoms with E-state index in [1.54, 1.807) is 4.90 Å². The first-order valence-electron chi connectivity index (χ1n) is 3.99. The van der Waals surface area contributed by atoms with E-state index < -0.39 is 6.09 Å². The summed E-state index contributed by atoms with van der Waals surface area (Å²) >= 11 is 0. The zero-order chi connectivity index (χ0) is 7.84. The van der Waals surface area contributed by atoms with Gasteiger partial charge in [-0.25, -0.2) is 4.79 Å². The Labute approximate surface area is 65.2 Å². The van der Waals surface area contributed by atoms with Crippen LogP contribution in [-0.2, 0) is 0 Å². The molecule has 0 aliphatic carbocycles. The lowest BCUT2D eigenvalue weighted by Gasteiger charge is -2.19. The van der Waals surface area contributed by atoms with Crippen molar-refractivity contribution in [1.82, 2.24) is 10.2 Å². The van der Waals surface area contributed by atoms with Crippen LogP contribution in [0.1, 0.15) is 6.42 Å². The zero-order valence-corrected chi connectivity index (χ0v) is 6.29. The van der Waals surface area contributed by atoms with Crippen molar-refractivity contribution >= 4 is 6.09 Å². The minimum atomic E-state index is -0.763. The largest absolute Gasteiger partial charge is 0.465 e. The molecule has 0 radical (unpaired) electrons. The van der Waals surface area contributed by atoms with Crippen LogP contribution < -0.4 is 5.32 Å². The maximum atomic E-state index is 10.6. The second-order valence-corrected chi connectivity index (χ2v) is 3.25. The number of nitrogens with zero attached hydrogens (tertiary/aromatic N) is 1. The fourth-order valence-electron chi connectivity index (χ4n) is 2.09. The van der Waals surface area contributed by atoms with E-state index in [-0.39, 0.29) is 6.04 Å². The molecule has 11 heavy (non-hydrogen) atoms. The van der Waals surface area contributed by atoms with Gasteiger partial charge in [0.2, 0.25) is 0 Å². The molecule has 0 spiro atoms. The average Bonchev–Trinajstić information content (AvgIpc) is 2.41. The lowest BCUT2D eigenvalue weighted by molar-refractivity contribution is 0.140. The lowest BCUT2D eigenvalue weighted by atomic mass is 10.1. The number of hydrogen-bond acceptors (Lipinski definition) is 2. The van der Waals surface area contributed by atoms with Crippen molar-refractivity contribution < 1.29 is 9.90 Å². The normalized spacial score (nSPS) is 35.8. The van der Waals surface area contributed by atoms with E-state index in [9.17, 15) is 4.79 Å². The second-order valence-electron chi connectivity index (χ2n) is 3.25. The first-order valence-corrected chi connectivity index (χ1v) is 3.99. The number of fused-ring (bicyclic) bond motifs is 1. The molecule has 4 heteroatoms. The van der Waals surface area contributed by atoms with Crippen LogP contribution in [0.15, 0.2) is 0 Å². The predicted molar refractivity (Wildman–Crippen MR) is 39.5 cm³/mol. The minimum absolute atomic E-state index is 0.257. The second kappa shape index (κ2) is 2.37. The first kappa shape index (κ1) is 6.91. The third kappa shape index (κ3) is 0.976. The molecule has 0 aromatic carbocycles. The van der Waals surface area contributed by atoms with Crippen molar-refractivity contribution in [3.8, 4) is 0 Å². The molecule has 2 N–H and O–H groups in total. The van der Waals surface area contributed by atoms with Crippen molar-refractivity contribution in [2.24, 2.45) is 5.92 Å². The Bertz CT molecular complexity index is 183. The van der Waals surface area contributed by atoms with Gasteiger partial charge in [0, 0.05) is 19.6 Å². The van der Waals surface area contributed by atoms with Crippen LogP contribution in [0.25, 0.3) is 0 Å². The molecule has 2 unspecified atom stereocenters. The number of carbonyl (C=O) groups is 1. The highest BCUT2D eigenvalue weighted by atomic mass is 16.4. The zero-order valence-electron chi connectivity index (χ0n) is 6.29. The van der Waals surface area contributed by atoms with Crippen molar-refractivity contribution in [3.63, 3.8) is 0 Å². The van der Waals surface area contributed by atoms with E-state index in [1.165, 1.54) is 0 Å². The summed E-state index contributed by atoms with van der Waals surface area (Å²) in [6.07, 6.45) is 0.269. The lowest BCUT2D eigenvalue weighted by Crippen LogP contribution is -2.37. The first-order chi connectivity index (χ1) is 5.29. The Hall–Kier alpha value is -0.770. The molecular formula is C7H12N2O2. The molecule has 2 saturated heterocycles. The van der Waals surface area contributed by atoms with Crippen LogP contribution in [-0.4, -0.2) is 41.8 Å². The van der Waals surface area contributed by atoms with Crippen molar-refractivity contribution in [1.29, 1.82) is 0 Å². The van der Waals surface area contributed by atoms with Gasteiger partial charge in [-0.3, -0.25) is 0 Å². The monoisotopic (exact) mass is 156 g/mol. The summed E-state index contributed by atoms with van der Waals surface area (Å²) in [4.78, 5) is 12.2. The van der Waals surface area contributed by atoms with E-state index in [4.69, 9.17) is 5.11 Å². The smallest absolute Gasteiger partial charge is 0.407 e. The van der Waals surface area contributed by atoms with Crippen molar-refractivity contribution in [2.75, 3.05) is 19.6 Å². The molecular weight excluding hydrogens is 144 g/mol. The Morgan fingerprint density at radius 2 is 2.36 bits per heavy atom. The van der Waals surface area contributed by atoms with Crippen LogP contribution in [0, 0.1) is 5.92 Å². The number of hydrogen-bond donors (Lipinski definition) is 2. The molecule has 0 bridgehead atoms. The van der Waals surface area contributed by atoms with Gasteiger partial charge in [0.25, 0.3) is 0 Å². The quantitative estimate of drug-likeness (QED) is 0.517. The highest BCUT2D eigenvalue weighted by Gasteiger charge is 2.39. The number of likely N-dealkylation sites (tertiary alicyclic amines) is 1. The Morgan fingerprint density at radius 3 is 3.09 bits per heavy atom. The third-order valence-electron chi connectivity index (χ3n) is 2.69. The van der Waals surface area contributed by atoms with E-state index in [0.29, 0.717) is 5.92 Å². The van der Waals surface area contributed by atoms with E-state index in [2.05, 4.69) is 5.32 Å². The summed E-state index contributed by atoms with van der Waals surface area (Å²) in [6.45, 7) is 2.57. The van der Waals surface area contributed by atoms with Crippen molar-refractivity contribution in [2.45, 2.75) is 12.5 Å². The van der Waals surface area contributed by atoms with E-state index in [1.807, 2.05) is 0 Å². The summed E-state index contributed by atoms with van der Waals surface area (Å²) in [5, 5.41) is 12.0. The molecule has 2 rings (SSSR count). The van der Waals surface area contributed by atoms with Gasteiger partial charge in [-0.05, 0) is 12.3 Å². The minimum Gasteiger partial charge on any atom is -0.465 e. The highest BCUT2D eigenvalue weighted by Crippen LogP contribution is 2.26. The van der Waals surface area contributed by atoms with Crippen LogP contribution >= 0.6 is 0 Å². The number of nitrogens with one attached hydrogen (secondary N) is 1. The summed E-state index contributed by atoms with van der Waals surface area (Å²) in [5.74, 6) is 0.575. The summed E-state index contributed by atoms with van der Waals surface area (Å²) in [6, 6.07) is 0.257. The SMILES string of the molecule is O=C(O)N1CCC2CNCC21. The molecule has 0 aromatic heterocycles. The summed E-state index contributed by atoms with van der Waals surface area (Å²) in [5.41, 5.74) is 0. The number of carboxylic acid groups (broad SMARTS) is 1. The number of amides is 1. The Balaban J connectivity index is 2.08. The molecule has 2 heterocycles. The standard InChI is InChI=1S/C7H12N2O2/c10-7(11)9-2-1-5-3-8-4-6(5)9/h5-6,8H,1-4H2,(H,10,11). The fourth-order valence-corrected chi connectivity index (χ4v) is 2.09.